The zero-order valence-electron chi connectivity index (χ0n) is 15.7. The smallest absolute Gasteiger partial charge is 0.255 e. The molecule has 0 radical (unpaired) electrons. The molecule has 1 unspecified atom stereocenters. The molecule has 2 heterocycles. The molecule has 1 aromatic heterocycles. The first-order valence-corrected chi connectivity index (χ1v) is 9.98. The quantitative estimate of drug-likeness (QED) is 0.688. The fourth-order valence-electron chi connectivity index (χ4n) is 3.23. The lowest BCUT2D eigenvalue weighted by Gasteiger charge is -2.30. The number of nitrogens with one attached hydrogen (secondary N) is 1. The maximum Gasteiger partial charge on any atom is 0.255 e. The molecule has 0 bridgehead atoms. The average molecular weight is 410 g/mol. The molecule has 4 rings (SSSR count). The van der Waals surface area contributed by atoms with Crippen molar-refractivity contribution in [1.29, 1.82) is 0 Å². The van der Waals surface area contributed by atoms with Crippen LogP contribution in [-0.4, -0.2) is 31.6 Å². The van der Waals surface area contributed by atoms with Crippen molar-refractivity contribution < 1.29 is 9.18 Å². The Labute approximate surface area is 171 Å². The second-order valence-electron chi connectivity index (χ2n) is 6.86. The van der Waals surface area contributed by atoms with Crippen LogP contribution in [0.15, 0.2) is 60.1 Å². The minimum Gasteiger partial charge on any atom is -0.379 e. The minimum absolute atomic E-state index is 0.308. The van der Waals surface area contributed by atoms with Crippen LogP contribution in [0.25, 0.3) is 5.69 Å². The number of amides is 1. The van der Waals surface area contributed by atoms with Crippen LogP contribution in [0.3, 0.4) is 0 Å². The molecule has 0 spiro atoms. The molecule has 1 atom stereocenters. The molecular formula is C20H19FN6OS. The molecule has 0 saturated carbocycles. The molecule has 0 fully saturated rings. The summed E-state index contributed by atoms with van der Waals surface area (Å²) in [5.41, 5.74) is 7.17. The maximum absolute atomic E-state index is 14.6. The number of aromatic nitrogens is 3. The lowest BCUT2D eigenvalue weighted by molar-refractivity contribution is 0.102. The SMILES string of the molecule is CC1(c2cc(NC(=O)c3cccc(-n4cncn4)c3)ccc2F)CCSC(N)=N1. The summed E-state index contributed by atoms with van der Waals surface area (Å²) in [6, 6.07) is 11.5. The number of carbonyl (C=O) groups excluding carboxylic acids is 1. The van der Waals surface area contributed by atoms with Gasteiger partial charge >= 0.3 is 0 Å². The summed E-state index contributed by atoms with van der Waals surface area (Å²) in [5, 5.41) is 7.34. The topological polar surface area (TPSA) is 98.2 Å². The van der Waals surface area contributed by atoms with Crippen LogP contribution in [-0.2, 0) is 5.54 Å². The number of nitrogens with two attached hydrogens (primary N) is 1. The molecule has 1 aliphatic heterocycles. The molecule has 1 aliphatic rings. The van der Waals surface area contributed by atoms with E-state index in [1.54, 1.807) is 35.3 Å². The second kappa shape index (κ2) is 7.67. The van der Waals surface area contributed by atoms with Gasteiger partial charge in [-0.3, -0.25) is 9.79 Å². The van der Waals surface area contributed by atoms with Gasteiger partial charge in [-0.05, 0) is 49.7 Å². The Morgan fingerprint density at radius 2 is 2.17 bits per heavy atom. The molecule has 2 aromatic carbocycles. The minimum atomic E-state index is -0.757. The molecule has 0 aliphatic carbocycles. The van der Waals surface area contributed by atoms with Gasteiger partial charge in [-0.1, -0.05) is 17.8 Å². The Morgan fingerprint density at radius 1 is 1.31 bits per heavy atom. The van der Waals surface area contributed by atoms with E-state index in [4.69, 9.17) is 5.73 Å². The summed E-state index contributed by atoms with van der Waals surface area (Å²) in [4.78, 5) is 21.1. The number of anilines is 1. The van der Waals surface area contributed by atoms with Crippen molar-refractivity contribution in [3.05, 3.63) is 72.1 Å². The van der Waals surface area contributed by atoms with Gasteiger partial charge in [0.1, 0.15) is 18.5 Å². The van der Waals surface area contributed by atoms with Gasteiger partial charge in [0.05, 0.1) is 11.2 Å². The summed E-state index contributed by atoms with van der Waals surface area (Å²) >= 11 is 1.46. The molecule has 9 heteroatoms. The van der Waals surface area contributed by atoms with Gasteiger partial charge in [0, 0.05) is 22.6 Å². The fourth-order valence-corrected chi connectivity index (χ4v) is 4.21. The van der Waals surface area contributed by atoms with Crippen molar-refractivity contribution in [2.45, 2.75) is 18.9 Å². The second-order valence-corrected chi connectivity index (χ2v) is 7.98. The van der Waals surface area contributed by atoms with Crippen LogP contribution >= 0.6 is 11.8 Å². The van der Waals surface area contributed by atoms with Gasteiger partial charge in [-0.15, -0.1) is 0 Å². The van der Waals surface area contributed by atoms with E-state index in [1.807, 2.05) is 13.0 Å². The third kappa shape index (κ3) is 4.00. The van der Waals surface area contributed by atoms with Crippen LogP contribution in [0.4, 0.5) is 10.1 Å². The monoisotopic (exact) mass is 410 g/mol. The van der Waals surface area contributed by atoms with Gasteiger partial charge in [-0.25, -0.2) is 14.1 Å². The number of amidine groups is 1. The molecule has 29 heavy (non-hydrogen) atoms. The van der Waals surface area contributed by atoms with Gasteiger partial charge in [0.25, 0.3) is 5.91 Å². The summed E-state index contributed by atoms with van der Waals surface area (Å²) in [7, 11) is 0. The highest BCUT2D eigenvalue weighted by molar-refractivity contribution is 8.13. The molecule has 7 nitrogen and oxygen atoms in total. The molecule has 1 amide bonds. The number of aliphatic imine (C=N–C) groups is 1. The molecular weight excluding hydrogens is 391 g/mol. The first kappa shape index (κ1) is 19.1. The number of benzene rings is 2. The van der Waals surface area contributed by atoms with E-state index < -0.39 is 5.54 Å². The predicted molar refractivity (Wildman–Crippen MR) is 112 cm³/mol. The lowest BCUT2D eigenvalue weighted by Crippen LogP contribution is -2.29. The number of halogens is 1. The summed E-state index contributed by atoms with van der Waals surface area (Å²) < 4.78 is 16.1. The summed E-state index contributed by atoms with van der Waals surface area (Å²) in [6.07, 6.45) is 3.64. The molecule has 0 saturated heterocycles. The standard InChI is InChI=1S/C20H19FN6OS/c1-20(7-8-29-19(22)26-20)16-10-14(5-6-17(16)21)25-18(28)13-3-2-4-15(9-13)27-12-23-11-24-27/h2-6,9-12H,7-8H2,1H3,(H2,22,26)(H,25,28). The number of nitrogens with zero attached hydrogens (tertiary/aromatic N) is 4. The van der Waals surface area contributed by atoms with Crippen molar-refractivity contribution in [2.75, 3.05) is 11.1 Å². The van der Waals surface area contributed by atoms with E-state index in [-0.39, 0.29) is 11.7 Å². The van der Waals surface area contributed by atoms with Crippen molar-refractivity contribution in [2.24, 2.45) is 10.7 Å². The van der Waals surface area contributed by atoms with Crippen LogP contribution in [0.2, 0.25) is 0 Å². The Balaban J connectivity index is 1.60. The zero-order chi connectivity index (χ0) is 20.4. The largest absolute Gasteiger partial charge is 0.379 e. The summed E-state index contributed by atoms with van der Waals surface area (Å²) in [5.74, 6) is 0.0794. The van der Waals surface area contributed by atoms with Gasteiger partial charge in [0.15, 0.2) is 5.17 Å². The van der Waals surface area contributed by atoms with Crippen molar-refractivity contribution in [3.8, 4) is 5.69 Å². The van der Waals surface area contributed by atoms with Crippen molar-refractivity contribution in [1.82, 2.24) is 14.8 Å². The Bertz CT molecular complexity index is 1080. The van der Waals surface area contributed by atoms with E-state index in [1.165, 1.54) is 30.2 Å². The highest BCUT2D eigenvalue weighted by Gasteiger charge is 2.32. The molecule has 148 valence electrons. The van der Waals surface area contributed by atoms with Crippen LogP contribution in [0.5, 0.6) is 0 Å². The maximum atomic E-state index is 14.6. The van der Waals surface area contributed by atoms with E-state index in [2.05, 4.69) is 20.4 Å². The Kier molecular flexibility index (Phi) is 5.06. The number of hydrogen-bond acceptors (Lipinski definition) is 6. The molecule has 3 aromatic rings. The number of rotatable bonds is 4. The van der Waals surface area contributed by atoms with Gasteiger partial charge in [0.2, 0.25) is 0 Å². The third-order valence-corrected chi connectivity index (χ3v) is 5.59. The van der Waals surface area contributed by atoms with Gasteiger partial charge < -0.3 is 11.1 Å². The Hall–Kier alpha value is -3.20. The first-order valence-electron chi connectivity index (χ1n) is 8.99. The Morgan fingerprint density at radius 3 is 2.93 bits per heavy atom. The van der Waals surface area contributed by atoms with Crippen molar-refractivity contribution >= 4 is 28.5 Å². The van der Waals surface area contributed by atoms with E-state index in [0.29, 0.717) is 34.1 Å². The number of thioether (sulfide) groups is 1. The van der Waals surface area contributed by atoms with Crippen LogP contribution in [0, 0.1) is 5.82 Å². The molecule has 3 N–H and O–H groups in total. The van der Waals surface area contributed by atoms with Crippen molar-refractivity contribution in [3.63, 3.8) is 0 Å². The normalized spacial score (nSPS) is 18.9. The average Bonchev–Trinajstić information content (AvgIpc) is 3.24. The van der Waals surface area contributed by atoms with Crippen LogP contribution in [0.1, 0.15) is 29.3 Å². The van der Waals surface area contributed by atoms with E-state index in [0.717, 1.165) is 5.75 Å². The predicted octanol–water partition coefficient (Wildman–Crippen LogP) is 3.33. The number of hydrogen-bond donors (Lipinski definition) is 2. The zero-order valence-corrected chi connectivity index (χ0v) is 16.5. The lowest BCUT2D eigenvalue weighted by atomic mass is 9.89. The van der Waals surface area contributed by atoms with Crippen LogP contribution < -0.4 is 11.1 Å². The van der Waals surface area contributed by atoms with Gasteiger partial charge in [-0.2, -0.15) is 5.10 Å². The number of carbonyl (C=O) groups is 1. The highest BCUT2D eigenvalue weighted by atomic mass is 32.2. The highest BCUT2D eigenvalue weighted by Crippen LogP contribution is 2.37. The fraction of sp³-hybridized carbons (Fsp3) is 0.200. The summed E-state index contributed by atoms with van der Waals surface area (Å²) in [6.45, 7) is 1.85. The van der Waals surface area contributed by atoms with E-state index in [9.17, 15) is 9.18 Å². The van der Waals surface area contributed by atoms with E-state index >= 15 is 0 Å². The first-order chi connectivity index (χ1) is 13.9. The third-order valence-electron chi connectivity index (χ3n) is 4.79.